The molecule has 0 saturated heterocycles. The molecule has 1 radical (unpaired) electrons. The SMILES string of the molecule is C1=CN=C(n2cnc3ccccc32)[N]1. The van der Waals surface area contributed by atoms with Crippen LogP contribution in [0.5, 0.6) is 0 Å². The summed E-state index contributed by atoms with van der Waals surface area (Å²) < 4.78 is 1.87. The number of fused-ring (bicyclic) bond motifs is 1. The second kappa shape index (κ2) is 2.70. The Balaban J connectivity index is 2.22. The van der Waals surface area contributed by atoms with Crippen LogP contribution < -0.4 is 5.32 Å². The third-order valence-corrected chi connectivity index (χ3v) is 2.12. The predicted octanol–water partition coefficient (Wildman–Crippen LogP) is 1.33. The summed E-state index contributed by atoms with van der Waals surface area (Å²) in [6, 6.07) is 7.91. The maximum atomic E-state index is 4.26. The summed E-state index contributed by atoms with van der Waals surface area (Å²) >= 11 is 0. The third kappa shape index (κ3) is 0.939. The number of aliphatic imine (C=N–C) groups is 1. The van der Waals surface area contributed by atoms with Crippen LogP contribution in [0.1, 0.15) is 0 Å². The van der Waals surface area contributed by atoms with Gasteiger partial charge >= 0.3 is 0 Å². The molecular weight excluding hydrogens is 176 g/mol. The molecule has 0 saturated carbocycles. The van der Waals surface area contributed by atoms with Crippen molar-refractivity contribution in [1.29, 1.82) is 0 Å². The van der Waals surface area contributed by atoms with Crippen LogP contribution in [0.25, 0.3) is 11.0 Å². The molecule has 1 aliphatic heterocycles. The van der Waals surface area contributed by atoms with Gasteiger partial charge in [-0.2, -0.15) is 0 Å². The zero-order valence-electron chi connectivity index (χ0n) is 7.33. The van der Waals surface area contributed by atoms with Crippen LogP contribution in [-0.4, -0.2) is 15.5 Å². The largest absolute Gasteiger partial charge is 0.267 e. The summed E-state index contributed by atoms with van der Waals surface area (Å²) in [6.07, 6.45) is 5.08. The van der Waals surface area contributed by atoms with Crippen molar-refractivity contribution in [2.75, 3.05) is 0 Å². The van der Waals surface area contributed by atoms with Crippen LogP contribution in [0.4, 0.5) is 0 Å². The minimum Gasteiger partial charge on any atom is -0.267 e. The van der Waals surface area contributed by atoms with Gasteiger partial charge in [0.05, 0.1) is 11.0 Å². The van der Waals surface area contributed by atoms with Gasteiger partial charge in [-0.05, 0) is 12.1 Å². The first-order valence-corrected chi connectivity index (χ1v) is 4.31. The van der Waals surface area contributed by atoms with E-state index in [-0.39, 0.29) is 0 Å². The van der Waals surface area contributed by atoms with Gasteiger partial charge in [-0.25, -0.2) is 15.3 Å². The Kier molecular flexibility index (Phi) is 1.41. The third-order valence-electron chi connectivity index (χ3n) is 2.12. The van der Waals surface area contributed by atoms with Crippen LogP contribution in [0.2, 0.25) is 0 Å². The van der Waals surface area contributed by atoms with E-state index in [1.807, 2.05) is 28.8 Å². The minimum atomic E-state index is 0.665. The van der Waals surface area contributed by atoms with Crippen molar-refractivity contribution in [3.63, 3.8) is 0 Å². The fourth-order valence-electron chi connectivity index (χ4n) is 1.48. The van der Waals surface area contributed by atoms with Gasteiger partial charge in [0.2, 0.25) is 5.96 Å². The van der Waals surface area contributed by atoms with E-state index < -0.39 is 0 Å². The molecule has 67 valence electrons. The summed E-state index contributed by atoms with van der Waals surface area (Å²) in [7, 11) is 0. The molecule has 0 aliphatic carbocycles. The average Bonchev–Trinajstić information content (AvgIpc) is 2.85. The molecule has 0 spiro atoms. The van der Waals surface area contributed by atoms with Crippen LogP contribution in [-0.2, 0) is 0 Å². The van der Waals surface area contributed by atoms with Crippen molar-refractivity contribution in [1.82, 2.24) is 14.9 Å². The highest BCUT2D eigenvalue weighted by molar-refractivity contribution is 5.93. The van der Waals surface area contributed by atoms with E-state index >= 15 is 0 Å². The lowest BCUT2D eigenvalue weighted by Gasteiger charge is -2.00. The quantitative estimate of drug-likeness (QED) is 0.607. The molecular formula is C10H7N4. The summed E-state index contributed by atoms with van der Waals surface area (Å²) in [4.78, 5) is 8.38. The molecule has 2 heterocycles. The van der Waals surface area contributed by atoms with Crippen molar-refractivity contribution >= 4 is 17.0 Å². The Morgan fingerprint density at radius 3 is 2.86 bits per heavy atom. The molecule has 0 unspecified atom stereocenters. The summed E-state index contributed by atoms with van der Waals surface area (Å²) in [6.45, 7) is 0. The highest BCUT2D eigenvalue weighted by atomic mass is 15.2. The standard InChI is InChI=1S/C10H7N4/c1-2-4-9-8(3-1)13-7-14(9)10-11-5-6-12-10/h1-7H. The van der Waals surface area contributed by atoms with Gasteiger partial charge in [-0.15, -0.1) is 0 Å². The zero-order valence-corrected chi connectivity index (χ0v) is 7.33. The Labute approximate surface area is 80.6 Å². The monoisotopic (exact) mass is 183 g/mol. The van der Waals surface area contributed by atoms with E-state index in [1.54, 1.807) is 18.7 Å². The molecule has 1 aliphatic rings. The lowest BCUT2D eigenvalue weighted by Crippen LogP contribution is -2.16. The topological polar surface area (TPSA) is 44.3 Å². The van der Waals surface area contributed by atoms with E-state index in [9.17, 15) is 0 Å². The highest BCUT2D eigenvalue weighted by Crippen LogP contribution is 2.12. The summed E-state index contributed by atoms with van der Waals surface area (Å²) in [5.74, 6) is 0.665. The number of aromatic nitrogens is 2. The van der Waals surface area contributed by atoms with Gasteiger partial charge in [-0.3, -0.25) is 4.57 Å². The number of hydrogen-bond acceptors (Lipinski definition) is 2. The molecule has 1 aromatic carbocycles. The Hall–Kier alpha value is -2.10. The average molecular weight is 183 g/mol. The molecule has 1 aromatic heterocycles. The molecule has 0 atom stereocenters. The fraction of sp³-hybridized carbons (Fsp3) is 0. The summed E-state index contributed by atoms with van der Waals surface area (Å²) in [5.41, 5.74) is 1.98. The van der Waals surface area contributed by atoms with E-state index in [4.69, 9.17) is 0 Å². The maximum Gasteiger partial charge on any atom is 0.235 e. The molecule has 0 fully saturated rings. The number of nitrogens with zero attached hydrogens (tertiary/aromatic N) is 4. The summed E-state index contributed by atoms with van der Waals surface area (Å²) in [5, 5.41) is 4.12. The van der Waals surface area contributed by atoms with Crippen LogP contribution in [0.3, 0.4) is 0 Å². The number of rotatable bonds is 0. The fourth-order valence-corrected chi connectivity index (χ4v) is 1.48. The van der Waals surface area contributed by atoms with Crippen molar-refractivity contribution in [3.8, 4) is 0 Å². The van der Waals surface area contributed by atoms with E-state index in [1.165, 1.54) is 0 Å². The van der Waals surface area contributed by atoms with Crippen molar-refractivity contribution < 1.29 is 0 Å². The van der Waals surface area contributed by atoms with Crippen molar-refractivity contribution in [2.24, 2.45) is 4.99 Å². The minimum absolute atomic E-state index is 0.665. The van der Waals surface area contributed by atoms with Gasteiger partial charge in [0, 0.05) is 12.4 Å². The number of para-hydroxylation sites is 2. The molecule has 0 N–H and O–H groups in total. The Bertz CT molecular complexity index is 536. The molecule has 0 amide bonds. The second-order valence-electron chi connectivity index (χ2n) is 2.96. The first kappa shape index (κ1) is 7.32. The first-order chi connectivity index (χ1) is 6.95. The van der Waals surface area contributed by atoms with Gasteiger partial charge < -0.3 is 0 Å². The molecule has 3 rings (SSSR count). The number of imidazole rings is 1. The molecule has 0 bridgehead atoms. The Morgan fingerprint density at radius 2 is 2.00 bits per heavy atom. The van der Waals surface area contributed by atoms with Gasteiger partial charge in [0.15, 0.2) is 0 Å². The van der Waals surface area contributed by atoms with Gasteiger partial charge in [0.1, 0.15) is 6.33 Å². The smallest absolute Gasteiger partial charge is 0.235 e. The molecule has 2 aromatic rings. The van der Waals surface area contributed by atoms with E-state index in [0.29, 0.717) is 5.96 Å². The first-order valence-electron chi connectivity index (χ1n) is 4.31. The lowest BCUT2D eigenvalue weighted by atomic mass is 10.3. The predicted molar refractivity (Wildman–Crippen MR) is 53.8 cm³/mol. The van der Waals surface area contributed by atoms with Gasteiger partial charge in [0.25, 0.3) is 0 Å². The van der Waals surface area contributed by atoms with Crippen LogP contribution in [0, 0.1) is 0 Å². The lowest BCUT2D eigenvalue weighted by molar-refractivity contribution is 1.08. The number of benzene rings is 1. The van der Waals surface area contributed by atoms with E-state index in [0.717, 1.165) is 11.0 Å². The molecule has 14 heavy (non-hydrogen) atoms. The van der Waals surface area contributed by atoms with Crippen LogP contribution in [0.15, 0.2) is 48.0 Å². The normalized spacial score (nSPS) is 14.4. The Morgan fingerprint density at radius 1 is 1.07 bits per heavy atom. The molecule has 4 nitrogen and oxygen atoms in total. The zero-order chi connectivity index (χ0) is 9.38. The number of hydrogen-bond donors (Lipinski definition) is 0. The van der Waals surface area contributed by atoms with Crippen LogP contribution >= 0.6 is 0 Å². The second-order valence-corrected chi connectivity index (χ2v) is 2.96. The van der Waals surface area contributed by atoms with Gasteiger partial charge in [-0.1, -0.05) is 12.1 Å². The van der Waals surface area contributed by atoms with E-state index in [2.05, 4.69) is 15.3 Å². The maximum absolute atomic E-state index is 4.26. The highest BCUT2D eigenvalue weighted by Gasteiger charge is 2.09. The van der Waals surface area contributed by atoms with Crippen molar-refractivity contribution in [3.05, 3.63) is 43.0 Å². The van der Waals surface area contributed by atoms with Crippen molar-refractivity contribution in [2.45, 2.75) is 0 Å². The molecule has 4 heteroatoms.